The second-order valence-electron chi connectivity index (χ2n) is 21.6. The van der Waals surface area contributed by atoms with Gasteiger partial charge in [-0.3, -0.25) is 38.6 Å². The predicted octanol–water partition coefficient (Wildman–Crippen LogP) is 5.38. The summed E-state index contributed by atoms with van der Waals surface area (Å²) in [5.74, 6) is -1.08. The summed E-state index contributed by atoms with van der Waals surface area (Å²) >= 11 is 0. The van der Waals surface area contributed by atoms with Gasteiger partial charge in [-0.15, -0.1) is 0 Å². The van der Waals surface area contributed by atoms with Gasteiger partial charge in [-0.2, -0.15) is 5.10 Å². The number of likely N-dealkylation sites (tertiary alicyclic amines) is 2. The number of carbonyl (C=O) groups is 5. The van der Waals surface area contributed by atoms with Gasteiger partial charge >= 0.3 is 0 Å². The number of fused-ring (bicyclic) bond motifs is 1. The van der Waals surface area contributed by atoms with Gasteiger partial charge in [0.25, 0.3) is 23.3 Å². The number of amides is 5. The van der Waals surface area contributed by atoms with Crippen molar-refractivity contribution in [3.63, 3.8) is 0 Å². The molecule has 17 heteroatoms. The Morgan fingerprint density at radius 1 is 0.712 bits per heavy atom. The van der Waals surface area contributed by atoms with Gasteiger partial charge in [0.15, 0.2) is 5.67 Å². The quantitative estimate of drug-likeness (QED) is 0.179. The van der Waals surface area contributed by atoms with Crippen LogP contribution in [0.4, 0.5) is 8.78 Å². The fraction of sp³-hybridized carbons (Fsp3) is 0.554. The molecule has 2 atom stereocenters. The van der Waals surface area contributed by atoms with E-state index < -0.39 is 29.3 Å². The number of carbonyl (C=O) groups excluding carboxylic acids is 5. The molecule has 73 heavy (non-hydrogen) atoms. The molecular formula is C56H69F2N9O6. The third-order valence-corrected chi connectivity index (χ3v) is 16.7. The van der Waals surface area contributed by atoms with Crippen LogP contribution in [0.15, 0.2) is 71.5 Å². The fourth-order valence-corrected chi connectivity index (χ4v) is 12.1. The summed E-state index contributed by atoms with van der Waals surface area (Å²) in [4.78, 5) is 92.2. The summed E-state index contributed by atoms with van der Waals surface area (Å²) in [6.45, 7) is 7.99. The molecule has 4 aliphatic heterocycles. The van der Waals surface area contributed by atoms with E-state index >= 15 is 4.39 Å². The summed E-state index contributed by atoms with van der Waals surface area (Å²) in [5.41, 5.74) is 0.763. The molecule has 6 aliphatic rings. The molecule has 2 N–H and O–H groups in total. The largest absolute Gasteiger partial charge is 0.340 e. The van der Waals surface area contributed by atoms with Crippen molar-refractivity contribution < 1.29 is 32.8 Å². The third-order valence-electron chi connectivity index (χ3n) is 16.7. The van der Waals surface area contributed by atoms with Gasteiger partial charge in [0.2, 0.25) is 11.8 Å². The second kappa shape index (κ2) is 22.2. The minimum atomic E-state index is -1.69. The molecule has 0 radical (unpaired) electrons. The van der Waals surface area contributed by atoms with Crippen LogP contribution in [0.3, 0.4) is 0 Å². The maximum absolute atomic E-state index is 15.1. The minimum Gasteiger partial charge on any atom is -0.340 e. The van der Waals surface area contributed by atoms with Gasteiger partial charge in [-0.05, 0) is 118 Å². The zero-order valence-electron chi connectivity index (χ0n) is 41.9. The molecule has 4 aromatic rings. The first-order chi connectivity index (χ1) is 35.4. The van der Waals surface area contributed by atoms with Gasteiger partial charge in [0.1, 0.15) is 11.9 Å². The molecule has 0 spiro atoms. The van der Waals surface area contributed by atoms with E-state index in [4.69, 9.17) is 0 Å². The first kappa shape index (κ1) is 50.5. The molecule has 3 aromatic carbocycles. The van der Waals surface area contributed by atoms with Crippen LogP contribution in [0.5, 0.6) is 0 Å². The molecule has 1 aromatic heterocycles. The van der Waals surface area contributed by atoms with Crippen molar-refractivity contribution in [2.24, 2.45) is 11.8 Å². The van der Waals surface area contributed by atoms with Gasteiger partial charge in [-0.25, -0.2) is 13.9 Å². The lowest BCUT2D eigenvalue weighted by atomic mass is 9.83. The SMILES string of the molecule is O=C(N[C@@H](C(=O)N1CCN(CC2CCN(CC(=O)N3CCN(C(=O)c4cc(Cc5n[nH]c(=O)c6ccccc56)ccc4F)CC3)CC2)CC1)C1CCCCC1)c1cccc(C2CCCN(C(=O)C3(F)CC3)C2)c1. The first-order valence-corrected chi connectivity index (χ1v) is 26.8. The standard InChI is InChI=1S/C56H69F2N9O6/c57-47-16-15-39(33-48-44-13-4-5-14-45(44)52(70)61-60-48)32-46(47)53(71)65-30-28-64(29-31-65)49(68)37-62-22-17-38(18-23-62)35-63-24-26-66(27-25-63)54(72)50(40-8-2-1-3-9-40)59-51(69)42-11-6-10-41(34-42)43-12-7-21-67(36-43)55(73)56(58)19-20-56/h4-6,10-11,13-16,32,34,38,40,43,50H,1-3,7-9,12,17-31,33,35-37H2,(H,59,69)(H,61,70)/t43?,50-/m1/s1. The second-order valence-corrected chi connectivity index (χ2v) is 21.6. The van der Waals surface area contributed by atoms with E-state index in [9.17, 15) is 33.2 Å². The zero-order chi connectivity index (χ0) is 50.6. The Hall–Kier alpha value is -6.07. The number of H-pyrrole nitrogens is 1. The molecule has 4 saturated heterocycles. The van der Waals surface area contributed by atoms with Crippen molar-refractivity contribution in [1.82, 2.24) is 44.9 Å². The molecule has 1 unspecified atom stereocenters. The number of hydrogen-bond acceptors (Lipinski definition) is 9. The average molecular weight is 1000 g/mol. The lowest BCUT2D eigenvalue weighted by Crippen LogP contribution is -2.57. The van der Waals surface area contributed by atoms with Crippen molar-refractivity contribution in [3.05, 3.63) is 111 Å². The number of halogens is 2. The van der Waals surface area contributed by atoms with Crippen molar-refractivity contribution in [2.45, 2.75) is 94.7 Å². The van der Waals surface area contributed by atoms with Crippen molar-refractivity contribution in [2.75, 3.05) is 91.6 Å². The molecule has 2 saturated carbocycles. The fourth-order valence-electron chi connectivity index (χ4n) is 12.1. The van der Waals surface area contributed by atoms with Crippen LogP contribution in [0, 0.1) is 17.7 Å². The molecule has 5 heterocycles. The van der Waals surface area contributed by atoms with E-state index in [1.165, 1.54) is 6.07 Å². The molecule has 0 bridgehead atoms. The maximum Gasteiger partial charge on any atom is 0.272 e. The van der Waals surface area contributed by atoms with E-state index in [1.54, 1.807) is 45.0 Å². The molecule has 388 valence electrons. The third kappa shape index (κ3) is 11.7. The number of piperidine rings is 2. The van der Waals surface area contributed by atoms with Crippen molar-refractivity contribution in [3.8, 4) is 0 Å². The first-order valence-electron chi connectivity index (χ1n) is 26.8. The number of rotatable bonds is 13. The summed E-state index contributed by atoms with van der Waals surface area (Å²) in [6, 6.07) is 18.6. The molecule has 2 aliphatic carbocycles. The highest BCUT2D eigenvalue weighted by Gasteiger charge is 2.53. The van der Waals surface area contributed by atoms with Crippen LogP contribution in [0.25, 0.3) is 10.8 Å². The number of hydrogen-bond donors (Lipinski definition) is 2. The Kier molecular flexibility index (Phi) is 15.3. The monoisotopic (exact) mass is 1000 g/mol. The Bertz CT molecular complexity index is 2740. The summed E-state index contributed by atoms with van der Waals surface area (Å²) in [6.07, 6.45) is 9.51. The van der Waals surface area contributed by atoms with Crippen LogP contribution in [-0.4, -0.2) is 172 Å². The lowest BCUT2D eigenvalue weighted by Gasteiger charge is -2.41. The average Bonchev–Trinajstić information content (AvgIpc) is 4.19. The number of benzene rings is 3. The van der Waals surface area contributed by atoms with Crippen molar-refractivity contribution in [1.29, 1.82) is 0 Å². The highest BCUT2D eigenvalue weighted by molar-refractivity contribution is 5.98. The molecular weight excluding hydrogens is 933 g/mol. The van der Waals surface area contributed by atoms with Crippen LogP contribution in [-0.2, 0) is 20.8 Å². The Balaban J connectivity index is 0.658. The number of aromatic amines is 1. The van der Waals surface area contributed by atoms with Gasteiger partial charge in [-0.1, -0.05) is 55.7 Å². The van der Waals surface area contributed by atoms with Gasteiger partial charge in [0, 0.05) is 95.3 Å². The molecule has 15 nitrogen and oxygen atoms in total. The van der Waals surface area contributed by atoms with Crippen LogP contribution >= 0.6 is 0 Å². The normalized spacial score (nSPS) is 21.8. The van der Waals surface area contributed by atoms with Gasteiger partial charge < -0.3 is 24.9 Å². The Labute approximate surface area is 425 Å². The minimum absolute atomic E-state index is 0.00464. The van der Waals surface area contributed by atoms with E-state index in [0.29, 0.717) is 112 Å². The summed E-state index contributed by atoms with van der Waals surface area (Å²) in [7, 11) is 0. The number of aromatic nitrogens is 2. The summed E-state index contributed by atoms with van der Waals surface area (Å²) < 4.78 is 29.8. The molecule has 6 fully saturated rings. The van der Waals surface area contributed by atoms with Crippen LogP contribution in [0.2, 0.25) is 0 Å². The highest BCUT2D eigenvalue weighted by Crippen LogP contribution is 2.43. The number of nitrogens with zero attached hydrogens (tertiary/aromatic N) is 7. The van der Waals surface area contributed by atoms with E-state index in [-0.39, 0.29) is 40.7 Å². The van der Waals surface area contributed by atoms with Crippen LogP contribution in [0.1, 0.15) is 114 Å². The molecule has 5 amide bonds. The smallest absolute Gasteiger partial charge is 0.272 e. The predicted molar refractivity (Wildman–Crippen MR) is 272 cm³/mol. The zero-order valence-corrected chi connectivity index (χ0v) is 41.9. The Morgan fingerprint density at radius 3 is 2.16 bits per heavy atom. The topological polar surface area (TPSA) is 163 Å². The van der Waals surface area contributed by atoms with E-state index in [2.05, 4.69) is 25.3 Å². The van der Waals surface area contributed by atoms with E-state index in [0.717, 1.165) is 96.1 Å². The molecule has 10 rings (SSSR count). The Morgan fingerprint density at radius 2 is 1.42 bits per heavy atom. The number of alkyl halides is 1. The van der Waals surface area contributed by atoms with Crippen molar-refractivity contribution >= 4 is 40.3 Å². The maximum atomic E-state index is 15.1. The van der Waals surface area contributed by atoms with Gasteiger partial charge in [0.05, 0.1) is 23.2 Å². The highest BCUT2D eigenvalue weighted by atomic mass is 19.1. The summed E-state index contributed by atoms with van der Waals surface area (Å²) in [5, 5.41) is 11.2. The number of nitrogens with one attached hydrogen (secondary N) is 2. The van der Waals surface area contributed by atoms with Crippen LogP contribution < -0.4 is 10.9 Å². The van der Waals surface area contributed by atoms with E-state index in [1.807, 2.05) is 35.2 Å². The lowest BCUT2D eigenvalue weighted by molar-refractivity contribution is -0.139. The number of piperazine rings is 2.